The van der Waals surface area contributed by atoms with E-state index in [9.17, 15) is 0 Å². The lowest BCUT2D eigenvalue weighted by atomic mass is 10.3. The Morgan fingerprint density at radius 3 is 3.06 bits per heavy atom. The van der Waals surface area contributed by atoms with E-state index < -0.39 is 0 Å². The van der Waals surface area contributed by atoms with Gasteiger partial charge in [0.25, 0.3) is 0 Å². The first-order valence-electron chi connectivity index (χ1n) is 5.19. The predicted molar refractivity (Wildman–Crippen MR) is 72.7 cm³/mol. The highest BCUT2D eigenvalue weighted by atomic mass is 32.2. The second-order valence-electron chi connectivity index (χ2n) is 3.99. The van der Waals surface area contributed by atoms with Gasteiger partial charge in [-0.05, 0) is 44.0 Å². The summed E-state index contributed by atoms with van der Waals surface area (Å²) in [5.74, 6) is 1.04. The van der Waals surface area contributed by atoms with E-state index >= 15 is 0 Å². The van der Waals surface area contributed by atoms with E-state index in [2.05, 4.69) is 33.8 Å². The van der Waals surface area contributed by atoms with E-state index in [1.165, 1.54) is 0 Å². The third-order valence-electron chi connectivity index (χ3n) is 2.54. The molecule has 0 fully saturated rings. The topological polar surface area (TPSA) is 33.6 Å². The van der Waals surface area contributed by atoms with Gasteiger partial charge in [0.1, 0.15) is 0 Å². The Kier molecular flexibility index (Phi) is 3.35. The molecule has 16 heavy (non-hydrogen) atoms. The summed E-state index contributed by atoms with van der Waals surface area (Å²) in [4.78, 5) is 7.67. The normalized spacial score (nSPS) is 13.2. The molecule has 1 N–H and O–H groups in total. The first-order chi connectivity index (χ1) is 7.63. The second-order valence-corrected chi connectivity index (χ2v) is 5.29. The van der Waals surface area contributed by atoms with Crippen molar-refractivity contribution in [3.8, 4) is 0 Å². The van der Waals surface area contributed by atoms with Gasteiger partial charge in [-0.1, -0.05) is 0 Å². The minimum absolute atomic E-state index is 0.367. The summed E-state index contributed by atoms with van der Waals surface area (Å²) in [5, 5.41) is 0. The molecule has 3 nitrogen and oxygen atoms in total. The SMILES string of the molecule is CSCC(C)n1c(=S)[nH]c2cc(C)cnc21. The highest BCUT2D eigenvalue weighted by molar-refractivity contribution is 7.98. The van der Waals surface area contributed by atoms with Crippen LogP contribution in [0.5, 0.6) is 0 Å². The van der Waals surface area contributed by atoms with Crippen LogP contribution in [-0.4, -0.2) is 26.5 Å². The molecule has 0 aliphatic rings. The molecule has 0 saturated carbocycles. The smallest absolute Gasteiger partial charge is 0.179 e. The van der Waals surface area contributed by atoms with Crippen molar-refractivity contribution in [1.29, 1.82) is 0 Å². The van der Waals surface area contributed by atoms with Crippen molar-refractivity contribution >= 4 is 35.1 Å². The van der Waals surface area contributed by atoms with Crippen LogP contribution >= 0.6 is 24.0 Å². The molecular weight excluding hydrogens is 238 g/mol. The number of aromatic nitrogens is 3. The zero-order valence-corrected chi connectivity index (χ0v) is 11.3. The van der Waals surface area contributed by atoms with Crippen molar-refractivity contribution in [3.63, 3.8) is 0 Å². The third kappa shape index (κ3) is 2.01. The summed E-state index contributed by atoms with van der Waals surface area (Å²) in [5.41, 5.74) is 3.13. The lowest BCUT2D eigenvalue weighted by Gasteiger charge is -2.12. The molecule has 2 aromatic rings. The van der Waals surface area contributed by atoms with Crippen molar-refractivity contribution < 1.29 is 0 Å². The predicted octanol–water partition coefficient (Wildman–Crippen LogP) is 3.33. The number of rotatable bonds is 3. The van der Waals surface area contributed by atoms with Gasteiger partial charge in [0, 0.05) is 18.0 Å². The average molecular weight is 253 g/mol. The molecule has 0 aromatic carbocycles. The van der Waals surface area contributed by atoms with Crippen molar-refractivity contribution in [2.45, 2.75) is 19.9 Å². The largest absolute Gasteiger partial charge is 0.329 e. The number of fused-ring (bicyclic) bond motifs is 1. The number of thioether (sulfide) groups is 1. The lowest BCUT2D eigenvalue weighted by molar-refractivity contribution is 0.615. The van der Waals surface area contributed by atoms with Crippen LogP contribution < -0.4 is 0 Å². The molecule has 1 unspecified atom stereocenters. The molecule has 0 spiro atoms. The number of imidazole rings is 1. The van der Waals surface area contributed by atoms with Gasteiger partial charge < -0.3 is 4.98 Å². The second kappa shape index (κ2) is 4.59. The fraction of sp³-hybridized carbons (Fsp3) is 0.455. The van der Waals surface area contributed by atoms with Crippen LogP contribution in [0.1, 0.15) is 18.5 Å². The van der Waals surface area contributed by atoms with E-state index in [-0.39, 0.29) is 0 Å². The van der Waals surface area contributed by atoms with Crippen molar-refractivity contribution in [2.24, 2.45) is 0 Å². The van der Waals surface area contributed by atoms with Crippen LogP contribution in [0, 0.1) is 11.7 Å². The van der Waals surface area contributed by atoms with Crippen molar-refractivity contribution in [2.75, 3.05) is 12.0 Å². The van der Waals surface area contributed by atoms with E-state index in [0.29, 0.717) is 6.04 Å². The Morgan fingerprint density at radius 1 is 1.62 bits per heavy atom. The average Bonchev–Trinajstić information content (AvgIpc) is 2.53. The Balaban J connectivity index is 2.60. The van der Waals surface area contributed by atoms with E-state index in [1.54, 1.807) is 0 Å². The molecule has 2 heterocycles. The maximum atomic E-state index is 5.34. The Morgan fingerprint density at radius 2 is 2.38 bits per heavy atom. The minimum atomic E-state index is 0.367. The molecule has 0 amide bonds. The van der Waals surface area contributed by atoms with Crippen LogP contribution in [0.25, 0.3) is 11.2 Å². The monoisotopic (exact) mass is 253 g/mol. The molecule has 0 bridgehead atoms. The Labute approximate surface area is 104 Å². The first kappa shape index (κ1) is 11.7. The Bertz CT molecular complexity index is 556. The van der Waals surface area contributed by atoms with Gasteiger partial charge >= 0.3 is 0 Å². The number of nitrogens with one attached hydrogen (secondary N) is 1. The van der Waals surface area contributed by atoms with Gasteiger partial charge in [-0.2, -0.15) is 11.8 Å². The highest BCUT2D eigenvalue weighted by Gasteiger charge is 2.11. The summed E-state index contributed by atoms with van der Waals surface area (Å²) >= 11 is 7.16. The maximum absolute atomic E-state index is 5.34. The molecule has 86 valence electrons. The molecule has 0 radical (unpaired) electrons. The van der Waals surface area contributed by atoms with Crippen LogP contribution in [0.4, 0.5) is 0 Å². The van der Waals surface area contributed by atoms with Gasteiger partial charge in [-0.15, -0.1) is 0 Å². The number of aromatic amines is 1. The fourth-order valence-corrected chi connectivity index (χ4v) is 2.85. The molecule has 0 saturated heterocycles. The minimum Gasteiger partial charge on any atom is -0.329 e. The Hall–Kier alpha value is -0.810. The number of nitrogens with zero attached hydrogens (tertiary/aromatic N) is 2. The zero-order chi connectivity index (χ0) is 11.7. The van der Waals surface area contributed by atoms with E-state index in [4.69, 9.17) is 12.2 Å². The quantitative estimate of drug-likeness (QED) is 0.852. The molecule has 2 aromatic heterocycles. The van der Waals surface area contributed by atoms with Gasteiger partial charge in [0.05, 0.1) is 5.52 Å². The van der Waals surface area contributed by atoms with Crippen LogP contribution in [0.15, 0.2) is 12.3 Å². The molecule has 0 aliphatic heterocycles. The maximum Gasteiger partial charge on any atom is 0.179 e. The summed E-state index contributed by atoms with van der Waals surface area (Å²) in [6, 6.07) is 2.45. The molecule has 2 rings (SSSR count). The number of H-pyrrole nitrogens is 1. The summed E-state index contributed by atoms with van der Waals surface area (Å²) in [6.07, 6.45) is 3.99. The molecular formula is C11H15N3S2. The summed E-state index contributed by atoms with van der Waals surface area (Å²) in [6.45, 7) is 4.20. The highest BCUT2D eigenvalue weighted by Crippen LogP contribution is 2.20. The number of pyridine rings is 1. The van der Waals surface area contributed by atoms with E-state index in [1.807, 2.05) is 24.9 Å². The van der Waals surface area contributed by atoms with Crippen molar-refractivity contribution in [1.82, 2.24) is 14.5 Å². The number of hydrogen-bond acceptors (Lipinski definition) is 3. The molecule has 0 aliphatic carbocycles. The third-order valence-corrected chi connectivity index (χ3v) is 3.66. The van der Waals surface area contributed by atoms with Gasteiger partial charge in [-0.3, -0.25) is 4.57 Å². The van der Waals surface area contributed by atoms with E-state index in [0.717, 1.165) is 27.3 Å². The van der Waals surface area contributed by atoms with Gasteiger partial charge in [0.15, 0.2) is 10.4 Å². The van der Waals surface area contributed by atoms with Gasteiger partial charge in [0.2, 0.25) is 0 Å². The summed E-state index contributed by atoms with van der Waals surface area (Å²) in [7, 11) is 0. The lowest BCUT2D eigenvalue weighted by Crippen LogP contribution is -2.08. The fourth-order valence-electron chi connectivity index (χ4n) is 1.84. The molecule has 1 atom stereocenters. The number of aryl methyl sites for hydroxylation is 1. The standard InChI is InChI=1S/C11H15N3S2/c1-7-4-9-10(12-5-7)14(11(15)13-9)8(2)6-16-3/h4-5,8H,6H2,1-3H3,(H,13,15). The molecule has 5 heteroatoms. The summed E-state index contributed by atoms with van der Waals surface area (Å²) < 4.78 is 2.86. The first-order valence-corrected chi connectivity index (χ1v) is 6.99. The van der Waals surface area contributed by atoms with Gasteiger partial charge in [-0.25, -0.2) is 4.98 Å². The van der Waals surface area contributed by atoms with Crippen LogP contribution in [-0.2, 0) is 0 Å². The van der Waals surface area contributed by atoms with Crippen molar-refractivity contribution in [3.05, 3.63) is 22.6 Å². The number of hydrogen-bond donors (Lipinski definition) is 1. The van der Waals surface area contributed by atoms with Crippen LogP contribution in [0.3, 0.4) is 0 Å². The van der Waals surface area contributed by atoms with Crippen LogP contribution in [0.2, 0.25) is 0 Å². The zero-order valence-electron chi connectivity index (χ0n) is 9.65.